The second-order valence-corrected chi connectivity index (χ2v) is 2.43. The molecule has 0 unspecified atom stereocenters. The number of nitrogens with zero attached hydrogens (tertiary/aromatic N) is 1. The van der Waals surface area contributed by atoms with Crippen LogP contribution in [-0.2, 0) is 4.79 Å². The minimum Gasteiger partial charge on any atom is -0.492 e. The quantitative estimate of drug-likeness (QED) is 0.417. The van der Waals surface area contributed by atoms with Crippen LogP contribution in [0.4, 0.5) is 0 Å². The van der Waals surface area contributed by atoms with Gasteiger partial charge in [0.25, 0.3) is 0 Å². The first-order valence-electron chi connectivity index (χ1n) is 3.91. The van der Waals surface area contributed by atoms with Crippen molar-refractivity contribution < 1.29 is 14.7 Å². The van der Waals surface area contributed by atoms with Gasteiger partial charge in [-0.25, -0.2) is 5.06 Å². The van der Waals surface area contributed by atoms with E-state index >= 15 is 0 Å². The summed E-state index contributed by atoms with van der Waals surface area (Å²) in [5.41, 5.74) is 0. The predicted molar refractivity (Wildman–Crippen MR) is 46.5 cm³/mol. The number of benzene rings is 1. The Morgan fingerprint density at radius 2 is 2.08 bits per heavy atom. The largest absolute Gasteiger partial charge is 0.492 e. The average Bonchev–Trinajstić information content (AvgIpc) is 2.19. The SMILES string of the molecule is O=CN(O)CCOc1ccccc1. The van der Waals surface area contributed by atoms with Gasteiger partial charge >= 0.3 is 0 Å². The highest BCUT2D eigenvalue weighted by Gasteiger charge is 1.95. The van der Waals surface area contributed by atoms with E-state index in [1.54, 1.807) is 0 Å². The summed E-state index contributed by atoms with van der Waals surface area (Å²) in [6, 6.07) is 9.21. The third-order valence-electron chi connectivity index (χ3n) is 1.45. The molecule has 0 aliphatic carbocycles. The van der Waals surface area contributed by atoms with Crippen LogP contribution in [0.2, 0.25) is 0 Å². The third-order valence-corrected chi connectivity index (χ3v) is 1.45. The Morgan fingerprint density at radius 3 is 2.69 bits per heavy atom. The van der Waals surface area contributed by atoms with Gasteiger partial charge in [0, 0.05) is 0 Å². The number of ether oxygens (including phenoxy) is 1. The molecule has 0 spiro atoms. The monoisotopic (exact) mass is 181 g/mol. The molecule has 13 heavy (non-hydrogen) atoms. The number of para-hydroxylation sites is 1. The van der Waals surface area contributed by atoms with Gasteiger partial charge in [-0.2, -0.15) is 0 Å². The van der Waals surface area contributed by atoms with Crippen LogP contribution in [0.15, 0.2) is 30.3 Å². The van der Waals surface area contributed by atoms with E-state index in [1.807, 2.05) is 30.3 Å². The summed E-state index contributed by atoms with van der Waals surface area (Å²) in [7, 11) is 0. The van der Waals surface area contributed by atoms with Crippen LogP contribution in [0.25, 0.3) is 0 Å². The summed E-state index contributed by atoms with van der Waals surface area (Å²) in [5, 5.41) is 9.27. The molecule has 1 N–H and O–H groups in total. The van der Waals surface area contributed by atoms with Gasteiger partial charge in [-0.1, -0.05) is 18.2 Å². The number of hydroxylamine groups is 2. The van der Waals surface area contributed by atoms with Crippen molar-refractivity contribution in [2.24, 2.45) is 0 Å². The van der Waals surface area contributed by atoms with E-state index in [4.69, 9.17) is 9.94 Å². The number of hydrogen-bond acceptors (Lipinski definition) is 3. The van der Waals surface area contributed by atoms with Crippen LogP contribution < -0.4 is 4.74 Å². The van der Waals surface area contributed by atoms with Gasteiger partial charge in [-0.3, -0.25) is 10.0 Å². The molecule has 1 amide bonds. The van der Waals surface area contributed by atoms with Crippen LogP contribution in [0, 0.1) is 0 Å². The van der Waals surface area contributed by atoms with Crippen molar-refractivity contribution in [1.29, 1.82) is 0 Å². The molecule has 4 heteroatoms. The van der Waals surface area contributed by atoms with Gasteiger partial charge in [0.15, 0.2) is 0 Å². The molecule has 0 radical (unpaired) electrons. The van der Waals surface area contributed by atoms with Crippen LogP contribution in [0.3, 0.4) is 0 Å². The lowest BCUT2D eigenvalue weighted by atomic mass is 10.3. The average molecular weight is 181 g/mol. The van der Waals surface area contributed by atoms with Gasteiger partial charge in [0.05, 0.1) is 6.54 Å². The molecule has 0 saturated heterocycles. The summed E-state index contributed by atoms with van der Waals surface area (Å²) in [5.74, 6) is 0.724. The number of carbonyl (C=O) groups is 1. The van der Waals surface area contributed by atoms with Crippen LogP contribution in [0.1, 0.15) is 0 Å². The second kappa shape index (κ2) is 5.16. The summed E-state index contributed by atoms with van der Waals surface area (Å²) < 4.78 is 5.22. The van der Waals surface area contributed by atoms with E-state index in [2.05, 4.69) is 0 Å². The molecule has 0 saturated carbocycles. The first kappa shape index (κ1) is 9.54. The Balaban J connectivity index is 2.24. The molecule has 0 atom stereocenters. The summed E-state index contributed by atoms with van der Waals surface area (Å²) in [6.45, 7) is 0.442. The number of rotatable bonds is 5. The summed E-state index contributed by atoms with van der Waals surface area (Å²) >= 11 is 0. The topological polar surface area (TPSA) is 49.8 Å². The smallest absolute Gasteiger partial charge is 0.233 e. The Hall–Kier alpha value is -1.55. The van der Waals surface area contributed by atoms with Crippen molar-refractivity contribution in [2.45, 2.75) is 0 Å². The van der Waals surface area contributed by atoms with Gasteiger partial charge in [0.2, 0.25) is 6.41 Å². The molecule has 0 aliphatic heterocycles. The maximum Gasteiger partial charge on any atom is 0.233 e. The fourth-order valence-corrected chi connectivity index (χ4v) is 0.826. The van der Waals surface area contributed by atoms with Gasteiger partial charge < -0.3 is 4.74 Å². The van der Waals surface area contributed by atoms with Crippen molar-refractivity contribution in [1.82, 2.24) is 5.06 Å². The lowest BCUT2D eigenvalue weighted by Gasteiger charge is -2.09. The molecule has 1 rings (SSSR count). The molecule has 4 nitrogen and oxygen atoms in total. The van der Waals surface area contributed by atoms with E-state index in [0.717, 1.165) is 5.75 Å². The second-order valence-electron chi connectivity index (χ2n) is 2.43. The Bertz CT molecular complexity index is 250. The maximum atomic E-state index is 9.97. The van der Waals surface area contributed by atoms with Gasteiger partial charge in [0.1, 0.15) is 12.4 Å². The lowest BCUT2D eigenvalue weighted by molar-refractivity contribution is -0.150. The Morgan fingerprint density at radius 1 is 1.38 bits per heavy atom. The Kier molecular flexibility index (Phi) is 3.78. The van der Waals surface area contributed by atoms with E-state index in [9.17, 15) is 4.79 Å². The molecule has 1 aromatic carbocycles. The maximum absolute atomic E-state index is 9.97. The third kappa shape index (κ3) is 3.57. The van der Waals surface area contributed by atoms with Gasteiger partial charge in [-0.05, 0) is 12.1 Å². The number of amides is 1. The zero-order valence-corrected chi connectivity index (χ0v) is 7.09. The normalized spacial score (nSPS) is 9.31. The molecular formula is C9H11NO3. The van der Waals surface area contributed by atoms with E-state index < -0.39 is 0 Å². The van der Waals surface area contributed by atoms with Crippen molar-refractivity contribution in [3.63, 3.8) is 0 Å². The van der Waals surface area contributed by atoms with Crippen molar-refractivity contribution >= 4 is 6.41 Å². The molecule has 0 heterocycles. The van der Waals surface area contributed by atoms with Crippen molar-refractivity contribution in [3.05, 3.63) is 30.3 Å². The Labute approximate surface area is 76.3 Å². The molecule has 0 bridgehead atoms. The molecule has 1 aromatic rings. The fourth-order valence-electron chi connectivity index (χ4n) is 0.826. The minimum absolute atomic E-state index is 0.165. The highest BCUT2D eigenvalue weighted by molar-refractivity contribution is 5.44. The standard InChI is InChI=1S/C9H11NO3/c11-8-10(12)6-7-13-9-4-2-1-3-5-9/h1-5,8,12H,6-7H2. The van der Waals surface area contributed by atoms with E-state index in [0.29, 0.717) is 11.5 Å². The highest BCUT2D eigenvalue weighted by atomic mass is 16.5. The van der Waals surface area contributed by atoms with Crippen molar-refractivity contribution in [3.8, 4) is 5.75 Å². The first-order chi connectivity index (χ1) is 6.33. The number of hydrogen-bond donors (Lipinski definition) is 1. The summed E-state index contributed by atoms with van der Waals surface area (Å²) in [6.07, 6.45) is 0.342. The van der Waals surface area contributed by atoms with Crippen LogP contribution >= 0.6 is 0 Å². The van der Waals surface area contributed by atoms with E-state index in [-0.39, 0.29) is 13.2 Å². The zero-order valence-electron chi connectivity index (χ0n) is 7.09. The highest BCUT2D eigenvalue weighted by Crippen LogP contribution is 2.07. The fraction of sp³-hybridized carbons (Fsp3) is 0.222. The van der Waals surface area contributed by atoms with Crippen LogP contribution in [0.5, 0.6) is 5.75 Å². The molecule has 70 valence electrons. The lowest BCUT2D eigenvalue weighted by Crippen LogP contribution is -2.23. The molecule has 0 aromatic heterocycles. The number of carbonyl (C=O) groups excluding carboxylic acids is 1. The summed E-state index contributed by atoms with van der Waals surface area (Å²) in [4.78, 5) is 9.97. The van der Waals surface area contributed by atoms with Crippen LogP contribution in [-0.4, -0.2) is 29.8 Å². The molecule has 0 fully saturated rings. The minimum atomic E-state index is 0.165. The van der Waals surface area contributed by atoms with E-state index in [1.165, 1.54) is 0 Å². The predicted octanol–water partition coefficient (Wildman–Crippen LogP) is 0.913. The zero-order chi connectivity index (χ0) is 9.52. The van der Waals surface area contributed by atoms with Gasteiger partial charge in [-0.15, -0.1) is 0 Å². The molecule has 0 aliphatic rings. The van der Waals surface area contributed by atoms with Crippen molar-refractivity contribution in [2.75, 3.05) is 13.2 Å². The first-order valence-corrected chi connectivity index (χ1v) is 3.91. The molecular weight excluding hydrogens is 170 g/mol.